The maximum absolute atomic E-state index is 12.7. The number of primary amides is 1. The molecule has 45 heavy (non-hydrogen) atoms. The number of rotatable bonds is 17. The van der Waals surface area contributed by atoms with Gasteiger partial charge in [-0.3, -0.25) is 4.79 Å². The summed E-state index contributed by atoms with van der Waals surface area (Å²) in [7, 11) is 0. The van der Waals surface area contributed by atoms with Crippen LogP contribution < -0.4 is 43.4 Å². The standard InChI is InChI=1S/C31H48N8O6/c1-19(2)27(18-36-30(44)38-24(8-13-28(33)42)15-22-6-11-26(41)12-7-22)39-31(45)34-16-20(3)37-29(43)35-17-23(32)14-21-4-9-25(40)10-5-21/h4-7,9-12,19-20,23-24,27,40-41H,8,13-18,32H2,1-3H3,(H2,33,42)(H2,34,39,45)(H2,35,37,43)(H2,36,38,44)/t20-,23-,24+,27+/m0/s1. The van der Waals surface area contributed by atoms with Crippen molar-refractivity contribution >= 4 is 24.0 Å². The first-order valence-electron chi connectivity index (χ1n) is 15.0. The molecule has 0 bridgehead atoms. The molecule has 0 spiro atoms. The molecule has 2 aromatic rings. The monoisotopic (exact) mass is 628 g/mol. The van der Waals surface area contributed by atoms with Crippen LogP contribution in [0.2, 0.25) is 0 Å². The Labute approximate surface area is 264 Å². The van der Waals surface area contributed by atoms with Gasteiger partial charge in [0.25, 0.3) is 0 Å². The Bertz CT molecular complexity index is 1230. The van der Waals surface area contributed by atoms with E-state index in [9.17, 15) is 29.4 Å². The maximum atomic E-state index is 12.7. The number of hydrogen-bond donors (Lipinski definition) is 10. The average molecular weight is 629 g/mol. The summed E-state index contributed by atoms with van der Waals surface area (Å²) in [5, 5.41) is 35.6. The number of benzene rings is 2. The van der Waals surface area contributed by atoms with Crippen LogP contribution in [-0.4, -0.2) is 78.0 Å². The molecule has 2 aromatic carbocycles. The van der Waals surface area contributed by atoms with Gasteiger partial charge >= 0.3 is 18.1 Å². The predicted octanol–water partition coefficient (Wildman–Crippen LogP) is 1.16. The topological polar surface area (TPSA) is 233 Å². The van der Waals surface area contributed by atoms with E-state index < -0.39 is 30.0 Å². The van der Waals surface area contributed by atoms with Gasteiger partial charge in [-0.05, 0) is 67.5 Å². The zero-order chi connectivity index (χ0) is 33.4. The molecule has 248 valence electrons. The molecule has 0 saturated carbocycles. The van der Waals surface area contributed by atoms with E-state index in [0.29, 0.717) is 19.3 Å². The van der Waals surface area contributed by atoms with E-state index in [1.54, 1.807) is 55.5 Å². The Kier molecular flexibility index (Phi) is 15.3. The van der Waals surface area contributed by atoms with Gasteiger partial charge in [0.1, 0.15) is 11.5 Å². The fourth-order valence-electron chi connectivity index (χ4n) is 4.37. The number of nitrogens with two attached hydrogens (primary N) is 2. The minimum absolute atomic E-state index is 0.00850. The van der Waals surface area contributed by atoms with Crippen LogP contribution >= 0.6 is 0 Å². The van der Waals surface area contributed by atoms with Gasteiger partial charge in [-0.15, -0.1) is 0 Å². The minimum atomic E-state index is -0.473. The van der Waals surface area contributed by atoms with E-state index in [1.807, 2.05) is 13.8 Å². The Hall–Kier alpha value is -4.72. The van der Waals surface area contributed by atoms with Crippen LogP contribution in [0.1, 0.15) is 44.7 Å². The van der Waals surface area contributed by atoms with E-state index in [1.165, 1.54) is 0 Å². The van der Waals surface area contributed by atoms with Gasteiger partial charge < -0.3 is 53.6 Å². The first-order valence-corrected chi connectivity index (χ1v) is 15.0. The second-order valence-corrected chi connectivity index (χ2v) is 11.5. The Morgan fingerprint density at radius 1 is 0.689 bits per heavy atom. The number of nitrogens with one attached hydrogen (secondary N) is 6. The number of aromatic hydroxyl groups is 2. The van der Waals surface area contributed by atoms with Gasteiger partial charge in [0.2, 0.25) is 5.91 Å². The van der Waals surface area contributed by atoms with Crippen LogP contribution in [0, 0.1) is 5.92 Å². The van der Waals surface area contributed by atoms with E-state index in [0.717, 1.165) is 11.1 Å². The summed E-state index contributed by atoms with van der Waals surface area (Å²) in [4.78, 5) is 48.9. The third-order valence-corrected chi connectivity index (χ3v) is 7.00. The number of amides is 7. The smallest absolute Gasteiger partial charge is 0.315 e. The molecular formula is C31H48N8O6. The highest BCUT2D eigenvalue weighted by Crippen LogP contribution is 2.13. The first-order chi connectivity index (χ1) is 21.3. The molecular weight excluding hydrogens is 580 g/mol. The SMILES string of the molecule is CC(C)[C@@H](CNC(=O)N[C@H](CCC(N)=O)Cc1ccc(O)cc1)NC(=O)NC[C@H](C)NC(=O)NC[C@@H](N)Cc1ccc(O)cc1. The fraction of sp³-hybridized carbons (Fsp3) is 0.484. The van der Waals surface area contributed by atoms with Crippen LogP contribution in [-0.2, 0) is 17.6 Å². The van der Waals surface area contributed by atoms with Crippen molar-refractivity contribution in [2.24, 2.45) is 17.4 Å². The Morgan fingerprint density at radius 2 is 1.18 bits per heavy atom. The number of urea groups is 3. The number of carbonyl (C=O) groups excluding carboxylic acids is 4. The third kappa shape index (κ3) is 15.5. The number of phenolic OH excluding ortho intramolecular Hbond substituents is 2. The van der Waals surface area contributed by atoms with Gasteiger partial charge in [-0.2, -0.15) is 0 Å². The zero-order valence-electron chi connectivity index (χ0n) is 26.1. The highest BCUT2D eigenvalue weighted by Gasteiger charge is 2.20. The largest absolute Gasteiger partial charge is 0.508 e. The second-order valence-electron chi connectivity index (χ2n) is 11.5. The molecule has 14 nitrogen and oxygen atoms in total. The molecule has 7 amide bonds. The molecule has 0 aliphatic rings. The summed E-state index contributed by atoms with van der Waals surface area (Å²) < 4.78 is 0. The molecule has 0 aliphatic heterocycles. The number of carbonyl (C=O) groups is 4. The minimum Gasteiger partial charge on any atom is -0.508 e. The van der Waals surface area contributed by atoms with Crippen LogP contribution in [0.4, 0.5) is 14.4 Å². The van der Waals surface area contributed by atoms with Gasteiger partial charge in [-0.25, -0.2) is 14.4 Å². The van der Waals surface area contributed by atoms with Crippen molar-refractivity contribution in [3.63, 3.8) is 0 Å². The average Bonchev–Trinajstić information content (AvgIpc) is 2.98. The van der Waals surface area contributed by atoms with E-state index >= 15 is 0 Å². The Morgan fingerprint density at radius 3 is 1.73 bits per heavy atom. The lowest BCUT2D eigenvalue weighted by Gasteiger charge is -2.25. The van der Waals surface area contributed by atoms with Crippen molar-refractivity contribution in [3.05, 3.63) is 59.7 Å². The molecule has 0 radical (unpaired) electrons. The quantitative estimate of drug-likeness (QED) is 0.123. The lowest BCUT2D eigenvalue weighted by atomic mass is 10.0. The summed E-state index contributed by atoms with van der Waals surface area (Å²) >= 11 is 0. The van der Waals surface area contributed by atoms with E-state index in [2.05, 4.69) is 31.9 Å². The van der Waals surface area contributed by atoms with Gasteiger partial charge in [0.15, 0.2) is 0 Å². The van der Waals surface area contributed by atoms with Crippen LogP contribution in [0.15, 0.2) is 48.5 Å². The van der Waals surface area contributed by atoms with Crippen molar-refractivity contribution in [2.45, 2.75) is 70.6 Å². The van der Waals surface area contributed by atoms with Crippen molar-refractivity contribution in [1.29, 1.82) is 0 Å². The molecule has 0 aliphatic carbocycles. The molecule has 12 N–H and O–H groups in total. The summed E-state index contributed by atoms with van der Waals surface area (Å²) in [6.07, 6.45) is 1.41. The number of phenols is 2. The summed E-state index contributed by atoms with van der Waals surface area (Å²) in [6, 6.07) is 10.5. The first kappa shape index (κ1) is 36.5. The van der Waals surface area contributed by atoms with Gasteiger partial charge in [0, 0.05) is 44.2 Å². The second kappa shape index (κ2) is 18.8. The Balaban J connectivity index is 1.73. The predicted molar refractivity (Wildman–Crippen MR) is 172 cm³/mol. The molecule has 2 rings (SSSR count). The van der Waals surface area contributed by atoms with Crippen LogP contribution in [0.3, 0.4) is 0 Å². The molecule has 0 saturated heterocycles. The van der Waals surface area contributed by atoms with E-state index in [4.69, 9.17) is 11.5 Å². The van der Waals surface area contributed by atoms with Crippen molar-refractivity contribution in [1.82, 2.24) is 31.9 Å². The lowest BCUT2D eigenvalue weighted by Crippen LogP contribution is -2.54. The van der Waals surface area contributed by atoms with Gasteiger partial charge in [0.05, 0.1) is 6.04 Å². The normalized spacial score (nSPS) is 13.5. The zero-order valence-corrected chi connectivity index (χ0v) is 26.1. The third-order valence-electron chi connectivity index (χ3n) is 7.00. The summed E-state index contributed by atoms with van der Waals surface area (Å²) in [5.41, 5.74) is 13.2. The van der Waals surface area contributed by atoms with E-state index in [-0.39, 0.29) is 61.6 Å². The molecule has 0 fully saturated rings. The highest BCUT2D eigenvalue weighted by molar-refractivity contribution is 5.77. The maximum Gasteiger partial charge on any atom is 0.315 e. The van der Waals surface area contributed by atoms with Gasteiger partial charge in [-0.1, -0.05) is 38.1 Å². The highest BCUT2D eigenvalue weighted by atomic mass is 16.3. The van der Waals surface area contributed by atoms with Crippen molar-refractivity contribution < 1.29 is 29.4 Å². The summed E-state index contributed by atoms with van der Waals surface area (Å²) in [6.45, 7) is 6.12. The molecule has 0 heterocycles. The lowest BCUT2D eigenvalue weighted by molar-refractivity contribution is -0.118. The van der Waals surface area contributed by atoms with Crippen molar-refractivity contribution in [3.8, 4) is 11.5 Å². The molecule has 0 unspecified atom stereocenters. The summed E-state index contributed by atoms with van der Waals surface area (Å²) in [5.74, 6) is -0.178. The van der Waals surface area contributed by atoms with Crippen molar-refractivity contribution in [2.75, 3.05) is 19.6 Å². The number of hydrogen-bond acceptors (Lipinski definition) is 7. The fourth-order valence-corrected chi connectivity index (χ4v) is 4.37. The van der Waals surface area contributed by atoms with Crippen LogP contribution in [0.25, 0.3) is 0 Å². The molecule has 14 heteroatoms. The van der Waals surface area contributed by atoms with Crippen LogP contribution in [0.5, 0.6) is 11.5 Å². The molecule has 0 aromatic heterocycles. The molecule has 4 atom stereocenters.